The normalized spacial score (nSPS) is 10.9. The van der Waals surface area contributed by atoms with Crippen LogP contribution in [-0.2, 0) is 6.54 Å². The van der Waals surface area contributed by atoms with Crippen molar-refractivity contribution in [2.24, 2.45) is 10.7 Å². The highest BCUT2D eigenvalue weighted by Crippen LogP contribution is 2.15. The van der Waals surface area contributed by atoms with Crippen molar-refractivity contribution in [3.63, 3.8) is 0 Å². The Morgan fingerprint density at radius 1 is 1.33 bits per heavy atom. The summed E-state index contributed by atoms with van der Waals surface area (Å²) in [4.78, 5) is 8.57. The lowest BCUT2D eigenvalue weighted by Gasteiger charge is -2.09. The van der Waals surface area contributed by atoms with E-state index in [0.29, 0.717) is 25.0 Å². The minimum atomic E-state index is 0. The highest BCUT2D eigenvalue weighted by atomic mass is 127. The molecule has 0 fully saturated rings. The molecule has 0 saturated carbocycles. The first-order valence-electron chi connectivity index (χ1n) is 7.38. The molecule has 5 nitrogen and oxygen atoms in total. The van der Waals surface area contributed by atoms with Gasteiger partial charge in [-0.25, -0.2) is 9.98 Å². The van der Waals surface area contributed by atoms with E-state index in [9.17, 15) is 0 Å². The predicted octanol–water partition coefficient (Wildman–Crippen LogP) is 3.08. The summed E-state index contributed by atoms with van der Waals surface area (Å²) in [6, 6.07) is 3.86. The monoisotopic (exact) mass is 406 g/mol. The van der Waals surface area contributed by atoms with Crippen molar-refractivity contribution in [2.45, 2.75) is 46.1 Å². The summed E-state index contributed by atoms with van der Waals surface area (Å²) in [6.07, 6.45) is 6.10. The molecule has 120 valence electrons. The van der Waals surface area contributed by atoms with E-state index in [1.54, 1.807) is 6.20 Å². The van der Waals surface area contributed by atoms with Crippen LogP contribution in [0.25, 0.3) is 0 Å². The van der Waals surface area contributed by atoms with Gasteiger partial charge >= 0.3 is 0 Å². The molecule has 0 radical (unpaired) electrons. The first-order valence-corrected chi connectivity index (χ1v) is 7.38. The molecule has 0 aromatic carbocycles. The Hall–Kier alpha value is -1.05. The summed E-state index contributed by atoms with van der Waals surface area (Å²) in [7, 11) is 0. The first kappa shape index (κ1) is 19.9. The highest BCUT2D eigenvalue weighted by Gasteiger charge is 2.04. The van der Waals surface area contributed by atoms with Gasteiger partial charge in [-0.05, 0) is 18.9 Å². The average molecular weight is 406 g/mol. The molecule has 0 amide bonds. The minimum absolute atomic E-state index is 0. The molecule has 0 bridgehead atoms. The Kier molecular flexibility index (Phi) is 12.0. The molecule has 0 unspecified atom stereocenters. The maximum Gasteiger partial charge on any atom is 0.218 e. The van der Waals surface area contributed by atoms with Gasteiger partial charge in [-0.15, -0.1) is 24.0 Å². The van der Waals surface area contributed by atoms with Crippen LogP contribution in [0.3, 0.4) is 0 Å². The number of ether oxygens (including phenoxy) is 1. The number of aliphatic imine (C=N–C) groups is 1. The molecule has 0 aliphatic carbocycles. The third-order valence-electron chi connectivity index (χ3n) is 2.84. The minimum Gasteiger partial charge on any atom is -0.477 e. The number of nitrogens with one attached hydrogen (secondary N) is 1. The summed E-state index contributed by atoms with van der Waals surface area (Å²) < 4.78 is 5.67. The zero-order chi connectivity index (χ0) is 14.6. The number of hydrogen-bond donors (Lipinski definition) is 2. The van der Waals surface area contributed by atoms with Gasteiger partial charge in [0.2, 0.25) is 5.88 Å². The fraction of sp³-hybridized carbons (Fsp3) is 0.600. The van der Waals surface area contributed by atoms with Gasteiger partial charge < -0.3 is 15.8 Å². The third-order valence-corrected chi connectivity index (χ3v) is 2.84. The van der Waals surface area contributed by atoms with E-state index in [0.717, 1.165) is 37.8 Å². The van der Waals surface area contributed by atoms with Crippen molar-refractivity contribution in [1.29, 1.82) is 0 Å². The van der Waals surface area contributed by atoms with Gasteiger partial charge in [0, 0.05) is 18.3 Å². The Labute approximate surface area is 144 Å². The second-order valence-electron chi connectivity index (χ2n) is 4.65. The Bertz CT molecular complexity index is 412. The number of guanidine groups is 1. The fourth-order valence-corrected chi connectivity index (χ4v) is 1.61. The van der Waals surface area contributed by atoms with Crippen LogP contribution in [0.5, 0.6) is 5.88 Å². The summed E-state index contributed by atoms with van der Waals surface area (Å²) >= 11 is 0. The van der Waals surface area contributed by atoms with Gasteiger partial charge in [-0.3, -0.25) is 0 Å². The maximum atomic E-state index is 5.81. The molecule has 1 aromatic heterocycles. The van der Waals surface area contributed by atoms with Crippen LogP contribution in [0.1, 0.15) is 45.1 Å². The second-order valence-corrected chi connectivity index (χ2v) is 4.65. The van der Waals surface area contributed by atoms with Crippen LogP contribution >= 0.6 is 24.0 Å². The van der Waals surface area contributed by atoms with Crippen LogP contribution < -0.4 is 15.8 Å². The molecular formula is C15H27IN4O. The van der Waals surface area contributed by atoms with Crippen LogP contribution in [-0.4, -0.2) is 24.1 Å². The molecule has 1 rings (SSSR count). The molecule has 1 aromatic rings. The molecule has 21 heavy (non-hydrogen) atoms. The third kappa shape index (κ3) is 8.75. The van der Waals surface area contributed by atoms with Crippen LogP contribution in [0.2, 0.25) is 0 Å². The molecular weight excluding hydrogens is 379 g/mol. The number of hydrogen-bond acceptors (Lipinski definition) is 3. The van der Waals surface area contributed by atoms with Gasteiger partial charge in [0.1, 0.15) is 0 Å². The van der Waals surface area contributed by atoms with Crippen molar-refractivity contribution >= 4 is 29.9 Å². The predicted molar refractivity (Wildman–Crippen MR) is 98.3 cm³/mol. The van der Waals surface area contributed by atoms with Crippen LogP contribution in [0, 0.1) is 0 Å². The largest absolute Gasteiger partial charge is 0.477 e. The van der Waals surface area contributed by atoms with E-state index in [4.69, 9.17) is 10.5 Å². The molecule has 0 aliphatic heterocycles. The first-order chi connectivity index (χ1) is 9.77. The van der Waals surface area contributed by atoms with Crippen LogP contribution in [0.4, 0.5) is 0 Å². The highest BCUT2D eigenvalue weighted by molar-refractivity contribution is 14.0. The summed E-state index contributed by atoms with van der Waals surface area (Å²) in [6.45, 7) is 6.31. The zero-order valence-corrected chi connectivity index (χ0v) is 15.3. The van der Waals surface area contributed by atoms with Crippen molar-refractivity contribution in [3.8, 4) is 5.88 Å². The zero-order valence-electron chi connectivity index (χ0n) is 13.0. The number of rotatable bonds is 9. The van der Waals surface area contributed by atoms with Gasteiger partial charge in [0.15, 0.2) is 5.96 Å². The standard InChI is InChI=1S/C15H26N4O.HI/c1-3-5-9-18-15(16)19-12-13-8-7-10-17-14(13)20-11-6-4-2;/h7-8,10H,3-6,9,11-12H2,1-2H3,(H3,16,18,19);1H. The van der Waals surface area contributed by atoms with Crippen LogP contribution in [0.15, 0.2) is 23.3 Å². The SMILES string of the molecule is CCCCNC(N)=NCc1cccnc1OCCCC.I. The van der Waals surface area contributed by atoms with E-state index in [-0.39, 0.29) is 24.0 Å². The van der Waals surface area contributed by atoms with E-state index >= 15 is 0 Å². The molecule has 3 N–H and O–H groups in total. The quantitative estimate of drug-likeness (QED) is 0.286. The maximum absolute atomic E-state index is 5.81. The lowest BCUT2D eigenvalue weighted by molar-refractivity contribution is 0.294. The van der Waals surface area contributed by atoms with E-state index in [1.165, 1.54) is 0 Å². The molecule has 0 atom stereocenters. The number of halogens is 1. The summed E-state index contributed by atoms with van der Waals surface area (Å²) in [5.74, 6) is 1.13. The number of unbranched alkanes of at least 4 members (excludes halogenated alkanes) is 2. The molecule has 1 heterocycles. The molecule has 6 heteroatoms. The number of nitrogens with zero attached hydrogens (tertiary/aromatic N) is 2. The van der Waals surface area contributed by atoms with E-state index in [1.807, 2.05) is 12.1 Å². The molecule has 0 aliphatic rings. The Morgan fingerprint density at radius 3 is 2.81 bits per heavy atom. The lowest BCUT2D eigenvalue weighted by atomic mass is 10.3. The van der Waals surface area contributed by atoms with Gasteiger partial charge in [-0.1, -0.05) is 32.8 Å². The smallest absolute Gasteiger partial charge is 0.218 e. The molecule has 0 spiro atoms. The van der Waals surface area contributed by atoms with Gasteiger partial charge in [0.25, 0.3) is 0 Å². The van der Waals surface area contributed by atoms with Gasteiger partial charge in [-0.2, -0.15) is 0 Å². The summed E-state index contributed by atoms with van der Waals surface area (Å²) in [5, 5.41) is 3.09. The van der Waals surface area contributed by atoms with E-state index in [2.05, 4.69) is 29.1 Å². The Morgan fingerprint density at radius 2 is 2.10 bits per heavy atom. The lowest BCUT2D eigenvalue weighted by Crippen LogP contribution is -2.32. The number of aromatic nitrogens is 1. The average Bonchev–Trinajstić information content (AvgIpc) is 2.47. The topological polar surface area (TPSA) is 72.5 Å². The van der Waals surface area contributed by atoms with Gasteiger partial charge in [0.05, 0.1) is 13.2 Å². The van der Waals surface area contributed by atoms with Crippen molar-refractivity contribution in [1.82, 2.24) is 10.3 Å². The molecule has 0 saturated heterocycles. The summed E-state index contributed by atoms with van der Waals surface area (Å²) in [5.41, 5.74) is 6.77. The number of pyridine rings is 1. The Balaban J connectivity index is 0.00000400. The number of nitrogens with two attached hydrogens (primary N) is 1. The van der Waals surface area contributed by atoms with Crippen molar-refractivity contribution < 1.29 is 4.74 Å². The second kappa shape index (κ2) is 12.7. The van der Waals surface area contributed by atoms with E-state index < -0.39 is 0 Å². The fourth-order valence-electron chi connectivity index (χ4n) is 1.61. The van der Waals surface area contributed by atoms with Crippen molar-refractivity contribution in [3.05, 3.63) is 23.9 Å². The van der Waals surface area contributed by atoms with Crippen molar-refractivity contribution in [2.75, 3.05) is 13.2 Å².